The van der Waals surface area contributed by atoms with Crippen molar-refractivity contribution in [3.8, 4) is 28.3 Å². The summed E-state index contributed by atoms with van der Waals surface area (Å²) in [6.45, 7) is 21.3. The zero-order valence-corrected chi connectivity index (χ0v) is 33.3. The van der Waals surface area contributed by atoms with Crippen molar-refractivity contribution in [2.45, 2.75) is 78.7 Å². The Bertz CT molecular complexity index is 2840. The average Bonchev–Trinajstić information content (AvgIpc) is 3.83. The highest BCUT2D eigenvalue weighted by Gasteiger charge is 2.67. The lowest BCUT2D eigenvalue weighted by molar-refractivity contribution is -0.944. The molecule has 0 N–H and O–H groups in total. The molecule has 5 heterocycles. The molecule has 1 atom stereocenters. The summed E-state index contributed by atoms with van der Waals surface area (Å²) in [4.78, 5) is 0. The van der Waals surface area contributed by atoms with Crippen LogP contribution in [0.15, 0.2) is 114 Å². The molecule has 0 saturated carbocycles. The fraction of sp³-hybridized carbons (Fsp3) is 0.250. The van der Waals surface area contributed by atoms with Crippen LogP contribution >= 0.6 is 0 Å². The minimum Gasteiger partial charge on any atom is -0.455 e. The fourth-order valence-corrected chi connectivity index (χ4v) is 11.6. The molecule has 0 saturated heterocycles. The predicted octanol–water partition coefficient (Wildman–Crippen LogP) is 10.8. The van der Waals surface area contributed by atoms with Crippen LogP contribution < -0.4 is 14.3 Å². The summed E-state index contributed by atoms with van der Waals surface area (Å²) >= 11 is 0. The average molecular weight is 710 g/mol. The van der Waals surface area contributed by atoms with Crippen LogP contribution in [-0.4, -0.2) is 12.6 Å². The second-order valence-corrected chi connectivity index (χ2v) is 22.2. The van der Waals surface area contributed by atoms with Crippen molar-refractivity contribution in [3.05, 3.63) is 143 Å². The third-order valence-electron chi connectivity index (χ3n) is 12.1. The molecule has 5 heteroatoms. The van der Waals surface area contributed by atoms with Gasteiger partial charge in [-0.15, -0.1) is 9.13 Å². The quantitative estimate of drug-likeness (QED) is 0.132. The molecule has 2 aliphatic heterocycles. The van der Waals surface area contributed by atoms with Crippen LogP contribution in [0.1, 0.15) is 72.9 Å². The van der Waals surface area contributed by atoms with Gasteiger partial charge in [0.15, 0.2) is 22.8 Å². The number of hydrogen-bond acceptors (Lipinski definition) is 1. The number of para-hydroxylation sites is 4. The number of fused-ring (bicyclic) bond motifs is 16. The van der Waals surface area contributed by atoms with Gasteiger partial charge in [0, 0.05) is 33.2 Å². The number of hydrogen-bond donors (Lipinski definition) is 0. The van der Waals surface area contributed by atoms with Crippen LogP contribution in [0.5, 0.6) is 0 Å². The number of aryl methyl sites for hydroxylation is 2. The van der Waals surface area contributed by atoms with E-state index < -0.39 is 13.7 Å². The Morgan fingerprint density at radius 2 is 1.43 bits per heavy atom. The van der Waals surface area contributed by atoms with Crippen molar-refractivity contribution in [2.75, 3.05) is 0 Å². The summed E-state index contributed by atoms with van der Waals surface area (Å²) < 4.78 is 15.0. The summed E-state index contributed by atoms with van der Waals surface area (Å²) in [5.41, 5.74) is 16.5. The maximum absolute atomic E-state index is 7.06. The Kier molecular flexibility index (Phi) is 6.66. The molecule has 3 aromatic heterocycles. The van der Waals surface area contributed by atoms with Crippen LogP contribution in [0.3, 0.4) is 0 Å². The van der Waals surface area contributed by atoms with E-state index in [4.69, 9.17) is 4.42 Å². The van der Waals surface area contributed by atoms with E-state index in [9.17, 15) is 0 Å². The van der Waals surface area contributed by atoms with Gasteiger partial charge in [0.2, 0.25) is 5.69 Å². The maximum Gasteiger partial charge on any atom is 0.364 e. The first-order valence-corrected chi connectivity index (χ1v) is 22.8. The number of rotatable bonds is 4. The highest BCUT2D eigenvalue weighted by molar-refractivity contribution is 6.88. The van der Waals surface area contributed by atoms with Crippen molar-refractivity contribution < 1.29 is 13.6 Å². The molecule has 2 aliphatic rings. The molecule has 5 aromatic carbocycles. The number of imidazole rings is 1. The molecule has 262 valence electrons. The van der Waals surface area contributed by atoms with Gasteiger partial charge in [-0.2, -0.15) is 4.57 Å². The lowest BCUT2D eigenvalue weighted by Gasteiger charge is -2.23. The van der Waals surface area contributed by atoms with Gasteiger partial charge in [0.25, 0.3) is 0 Å². The van der Waals surface area contributed by atoms with Gasteiger partial charge in [-0.1, -0.05) is 107 Å². The Morgan fingerprint density at radius 3 is 2.17 bits per heavy atom. The molecule has 1 unspecified atom stereocenters. The standard InChI is InChI=1S/C48H47N3OSi/c1-28(2)32-16-14-17-33(29(3)4)45(32)50-39-18-11-12-19-40(39)51-47(50)44-37(24-23-35-34-15-10-13-20-42(34)52-46(35)44)48(51)38-25-30(5)21-22-36(38)41-26-31(6)43(27-49(41)48)53(7,8)9/h10-29H,1-9H3/q+2. The van der Waals surface area contributed by atoms with Gasteiger partial charge < -0.3 is 4.42 Å². The number of furan rings is 1. The minimum atomic E-state index is -1.75. The lowest BCUT2D eigenvalue weighted by atomic mass is 9.88. The second-order valence-electron chi connectivity index (χ2n) is 17.1. The first kappa shape index (κ1) is 32.4. The molecule has 8 aromatic rings. The largest absolute Gasteiger partial charge is 0.455 e. The molecule has 0 radical (unpaired) electrons. The van der Waals surface area contributed by atoms with Gasteiger partial charge in [-0.25, -0.2) is 0 Å². The zero-order chi connectivity index (χ0) is 36.7. The first-order chi connectivity index (χ1) is 25.4. The summed E-state index contributed by atoms with van der Waals surface area (Å²) in [6, 6.07) is 38.9. The van der Waals surface area contributed by atoms with Gasteiger partial charge in [-0.3, -0.25) is 0 Å². The molecule has 0 amide bonds. The molecule has 10 rings (SSSR count). The second kappa shape index (κ2) is 10.9. The summed E-state index contributed by atoms with van der Waals surface area (Å²) in [7, 11) is -1.75. The van der Waals surface area contributed by atoms with Crippen molar-refractivity contribution in [1.82, 2.24) is 4.57 Å². The van der Waals surface area contributed by atoms with E-state index in [1.165, 1.54) is 77.9 Å². The van der Waals surface area contributed by atoms with Crippen molar-refractivity contribution in [3.63, 3.8) is 0 Å². The lowest BCUT2D eigenvalue weighted by Crippen LogP contribution is -2.72. The molecular weight excluding hydrogens is 663 g/mol. The fourth-order valence-electron chi connectivity index (χ4n) is 9.86. The molecule has 0 aliphatic carbocycles. The van der Waals surface area contributed by atoms with Gasteiger partial charge in [0.1, 0.15) is 16.8 Å². The van der Waals surface area contributed by atoms with E-state index in [1.54, 1.807) is 0 Å². The molecule has 4 nitrogen and oxygen atoms in total. The number of aromatic nitrogens is 3. The third-order valence-corrected chi connectivity index (χ3v) is 14.2. The van der Waals surface area contributed by atoms with E-state index in [1.807, 2.05) is 0 Å². The number of benzene rings is 5. The predicted molar refractivity (Wildman–Crippen MR) is 220 cm³/mol. The molecule has 0 bridgehead atoms. The smallest absolute Gasteiger partial charge is 0.364 e. The minimum absolute atomic E-state index is 0.328. The maximum atomic E-state index is 7.06. The van der Waals surface area contributed by atoms with Crippen LogP contribution in [0, 0.1) is 13.8 Å². The first-order valence-electron chi connectivity index (χ1n) is 19.3. The van der Waals surface area contributed by atoms with E-state index in [-0.39, 0.29) is 0 Å². The molecule has 0 fully saturated rings. The topological polar surface area (TPSA) is 25.8 Å². The van der Waals surface area contributed by atoms with Crippen LogP contribution in [0.2, 0.25) is 19.6 Å². The number of pyridine rings is 1. The SMILES string of the molecule is Cc1ccc2c(c1)C1(c3ccc4c(oc5ccccc54)c3-c3n(-c4c(C(C)C)cccc4C(C)C)c4ccccc4[n+]31)[n+]1cc([Si](C)(C)C)c(C)cc1-2. The normalized spacial score (nSPS) is 16.1. The van der Waals surface area contributed by atoms with E-state index in [2.05, 4.69) is 184 Å². The zero-order valence-electron chi connectivity index (χ0n) is 32.3. The van der Waals surface area contributed by atoms with E-state index in [0.717, 1.165) is 21.9 Å². The summed E-state index contributed by atoms with van der Waals surface area (Å²) in [5.74, 6) is 1.83. The monoisotopic (exact) mass is 709 g/mol. The summed E-state index contributed by atoms with van der Waals surface area (Å²) in [5, 5.41) is 3.79. The highest BCUT2D eigenvalue weighted by atomic mass is 28.3. The molecule has 1 spiro atoms. The van der Waals surface area contributed by atoms with Gasteiger partial charge in [-0.05, 0) is 73.7 Å². The van der Waals surface area contributed by atoms with Crippen molar-refractivity contribution in [2.24, 2.45) is 0 Å². The van der Waals surface area contributed by atoms with Gasteiger partial charge >= 0.3 is 11.5 Å². The van der Waals surface area contributed by atoms with Crippen molar-refractivity contribution >= 4 is 46.2 Å². The van der Waals surface area contributed by atoms with Gasteiger partial charge in [0.05, 0.1) is 24.8 Å². The van der Waals surface area contributed by atoms with E-state index in [0.29, 0.717) is 11.8 Å². The third kappa shape index (κ3) is 4.12. The van der Waals surface area contributed by atoms with Crippen LogP contribution in [-0.2, 0) is 5.66 Å². The Labute approximate surface area is 313 Å². The summed E-state index contributed by atoms with van der Waals surface area (Å²) in [6.07, 6.45) is 2.54. The molecule has 53 heavy (non-hydrogen) atoms. The van der Waals surface area contributed by atoms with E-state index >= 15 is 0 Å². The number of nitrogens with zero attached hydrogens (tertiary/aromatic N) is 3. The Hall–Kier alpha value is -5.26. The Morgan fingerprint density at radius 1 is 0.717 bits per heavy atom. The highest BCUT2D eigenvalue weighted by Crippen LogP contribution is 2.53. The molecular formula is C48H47N3OSi+2. The van der Waals surface area contributed by atoms with Crippen LogP contribution in [0.4, 0.5) is 0 Å². The van der Waals surface area contributed by atoms with Crippen LogP contribution in [0.25, 0.3) is 61.3 Å². The van der Waals surface area contributed by atoms with Crippen molar-refractivity contribution in [1.29, 1.82) is 0 Å². The Balaban J connectivity index is 1.51.